The monoisotopic (exact) mass is 474 g/mol. The van der Waals surface area contributed by atoms with Crippen LogP contribution in [-0.4, -0.2) is 49.2 Å². The molecule has 1 aromatic heterocycles. The lowest BCUT2D eigenvalue weighted by Crippen LogP contribution is -2.43. The first-order chi connectivity index (χ1) is 15.4. The van der Waals surface area contributed by atoms with E-state index in [0.29, 0.717) is 13.1 Å². The van der Waals surface area contributed by atoms with Crippen molar-refractivity contribution in [3.05, 3.63) is 59.1 Å². The number of para-hydroxylation sites is 1. The number of hydrogen-bond acceptors (Lipinski definition) is 7. The van der Waals surface area contributed by atoms with Crippen LogP contribution in [0.25, 0.3) is 10.2 Å². The Kier molecular flexibility index (Phi) is 6.80. The molecule has 0 spiro atoms. The zero-order valence-electron chi connectivity index (χ0n) is 17.1. The molecule has 0 bridgehead atoms. The quantitative estimate of drug-likeness (QED) is 0.506. The van der Waals surface area contributed by atoms with E-state index >= 15 is 0 Å². The average Bonchev–Trinajstić information content (AvgIpc) is 3.48. The molecule has 2 aromatic carbocycles. The fourth-order valence-corrected chi connectivity index (χ4v) is 5.73. The molecule has 1 aliphatic heterocycles. The molecule has 0 atom stereocenters. The van der Waals surface area contributed by atoms with Gasteiger partial charge in [-0.2, -0.15) is 4.31 Å². The maximum Gasteiger partial charge on any atom is 0.269 e. The highest BCUT2D eigenvalue weighted by Gasteiger charge is 2.27. The first-order valence-corrected chi connectivity index (χ1v) is 12.3. The first-order valence-electron chi connectivity index (χ1n) is 10.0. The molecule has 168 valence electrons. The fourth-order valence-electron chi connectivity index (χ4n) is 3.30. The van der Waals surface area contributed by atoms with Crippen LogP contribution < -0.4 is 10.9 Å². The van der Waals surface area contributed by atoms with Gasteiger partial charge in [-0.15, -0.1) is 11.3 Å². The van der Waals surface area contributed by atoms with Crippen molar-refractivity contribution in [2.75, 3.05) is 19.7 Å². The number of hydrazine groups is 1. The third kappa shape index (κ3) is 5.13. The summed E-state index contributed by atoms with van der Waals surface area (Å²) in [6.45, 7) is 0.964. The van der Waals surface area contributed by atoms with Gasteiger partial charge in [-0.05, 0) is 49.2 Å². The molecule has 2 amide bonds. The maximum absolute atomic E-state index is 12.5. The van der Waals surface area contributed by atoms with Crippen LogP contribution in [0.5, 0.6) is 0 Å². The summed E-state index contributed by atoms with van der Waals surface area (Å²) < 4.78 is 32.9. The zero-order valence-corrected chi connectivity index (χ0v) is 18.7. The number of carbonyl (C=O) groups excluding carboxylic acids is 2. The molecule has 2 N–H and O–H groups in total. The van der Waals surface area contributed by atoms with E-state index in [1.165, 1.54) is 39.9 Å². The number of nitrogens with one attached hydrogen (secondary N) is 2. The van der Waals surface area contributed by atoms with Gasteiger partial charge in [0.2, 0.25) is 10.0 Å². The van der Waals surface area contributed by atoms with E-state index in [0.717, 1.165) is 28.1 Å². The average molecular weight is 475 g/mol. The van der Waals surface area contributed by atoms with Gasteiger partial charge in [0.15, 0.2) is 0 Å². The van der Waals surface area contributed by atoms with Gasteiger partial charge in [-0.3, -0.25) is 20.4 Å². The first kappa shape index (κ1) is 22.3. The lowest BCUT2D eigenvalue weighted by Gasteiger charge is -2.15. The molecule has 1 fully saturated rings. The van der Waals surface area contributed by atoms with Crippen LogP contribution in [0.15, 0.2) is 53.4 Å². The summed E-state index contributed by atoms with van der Waals surface area (Å²) >= 11 is 1.49. The van der Waals surface area contributed by atoms with E-state index in [1.54, 1.807) is 0 Å². The minimum Gasteiger partial charge on any atom is -0.364 e. The molecule has 32 heavy (non-hydrogen) atoms. The maximum atomic E-state index is 12.5. The Morgan fingerprint density at radius 3 is 2.47 bits per heavy atom. The van der Waals surface area contributed by atoms with Crippen molar-refractivity contribution in [3.8, 4) is 0 Å². The van der Waals surface area contributed by atoms with Crippen LogP contribution in [0.3, 0.4) is 0 Å². The highest BCUT2D eigenvalue weighted by Crippen LogP contribution is 2.22. The third-order valence-corrected chi connectivity index (χ3v) is 7.85. The second-order valence-electron chi connectivity index (χ2n) is 7.21. The molecular formula is C21H22N4O5S2. The van der Waals surface area contributed by atoms with Gasteiger partial charge in [-0.25, -0.2) is 13.4 Å². The summed E-state index contributed by atoms with van der Waals surface area (Å²) in [5.41, 5.74) is 5.67. The Bertz CT molecular complexity index is 1190. The number of hydrogen-bond donors (Lipinski definition) is 2. The van der Waals surface area contributed by atoms with Crippen molar-refractivity contribution >= 4 is 43.4 Å². The van der Waals surface area contributed by atoms with E-state index in [-0.39, 0.29) is 23.7 Å². The molecule has 4 rings (SSSR count). The minimum atomic E-state index is -3.54. The largest absolute Gasteiger partial charge is 0.364 e. The number of nitrogens with zero attached hydrogens (tertiary/aromatic N) is 2. The lowest BCUT2D eigenvalue weighted by atomic mass is 10.2. The number of rotatable bonds is 7. The van der Waals surface area contributed by atoms with E-state index in [1.807, 2.05) is 24.3 Å². The van der Waals surface area contributed by atoms with Crippen molar-refractivity contribution in [2.24, 2.45) is 0 Å². The molecule has 3 aromatic rings. The summed E-state index contributed by atoms with van der Waals surface area (Å²) in [6.07, 6.45) is 1.70. The number of fused-ring (bicyclic) bond motifs is 1. The predicted molar refractivity (Wildman–Crippen MR) is 119 cm³/mol. The normalized spacial score (nSPS) is 14.5. The Morgan fingerprint density at radius 2 is 1.75 bits per heavy atom. The van der Waals surface area contributed by atoms with Crippen LogP contribution in [-0.2, 0) is 26.2 Å². The molecule has 11 heteroatoms. The number of sulfonamides is 1. The molecule has 1 aliphatic rings. The van der Waals surface area contributed by atoms with Gasteiger partial charge in [0.25, 0.3) is 11.8 Å². The smallest absolute Gasteiger partial charge is 0.269 e. The van der Waals surface area contributed by atoms with Crippen LogP contribution in [0.4, 0.5) is 0 Å². The number of aromatic nitrogens is 1. The van der Waals surface area contributed by atoms with E-state index in [2.05, 4.69) is 15.8 Å². The van der Waals surface area contributed by atoms with Crippen molar-refractivity contribution < 1.29 is 22.7 Å². The number of thiazole rings is 1. The van der Waals surface area contributed by atoms with Gasteiger partial charge in [0, 0.05) is 18.7 Å². The Hall–Kier alpha value is -2.86. The topological polar surface area (TPSA) is 118 Å². The van der Waals surface area contributed by atoms with Crippen molar-refractivity contribution in [1.29, 1.82) is 0 Å². The van der Waals surface area contributed by atoms with Crippen LogP contribution in [0, 0.1) is 0 Å². The number of ether oxygens (including phenoxy) is 1. The Morgan fingerprint density at radius 1 is 1.03 bits per heavy atom. The summed E-state index contributed by atoms with van der Waals surface area (Å²) in [5, 5.41) is 0.756. The summed E-state index contributed by atoms with van der Waals surface area (Å²) in [5.74, 6) is -1.08. The lowest BCUT2D eigenvalue weighted by molar-refractivity contribution is -0.126. The SMILES string of the molecule is O=C(COCc1nc2ccccc2s1)NNC(=O)c1ccc(S(=O)(=O)N2CCCC2)cc1. The van der Waals surface area contributed by atoms with Gasteiger partial charge >= 0.3 is 0 Å². The van der Waals surface area contributed by atoms with E-state index in [4.69, 9.17) is 4.74 Å². The van der Waals surface area contributed by atoms with Crippen LogP contribution in [0.1, 0.15) is 28.2 Å². The standard InChI is InChI=1S/C21H22N4O5S2/c26-19(13-30-14-20-22-17-5-1-2-6-18(17)31-20)23-24-21(27)15-7-9-16(10-8-15)32(28,29)25-11-3-4-12-25/h1-2,5-10H,3-4,11-14H2,(H,23,26)(H,24,27). The molecule has 0 radical (unpaired) electrons. The van der Waals surface area contributed by atoms with Crippen LogP contribution >= 0.6 is 11.3 Å². The third-order valence-electron chi connectivity index (χ3n) is 4.93. The molecule has 0 aliphatic carbocycles. The van der Waals surface area contributed by atoms with Crippen molar-refractivity contribution in [3.63, 3.8) is 0 Å². The number of amides is 2. The van der Waals surface area contributed by atoms with Gasteiger partial charge in [0.1, 0.15) is 11.6 Å². The molecule has 9 nitrogen and oxygen atoms in total. The number of carbonyl (C=O) groups is 2. The molecule has 2 heterocycles. The second kappa shape index (κ2) is 9.74. The second-order valence-corrected chi connectivity index (χ2v) is 10.3. The number of benzene rings is 2. The Labute approximate surface area is 189 Å². The molecule has 0 unspecified atom stereocenters. The van der Waals surface area contributed by atoms with Crippen molar-refractivity contribution in [1.82, 2.24) is 20.1 Å². The van der Waals surface area contributed by atoms with Gasteiger partial charge < -0.3 is 4.74 Å². The molecule has 1 saturated heterocycles. The summed E-state index contributed by atoms with van der Waals surface area (Å²) in [4.78, 5) is 28.7. The summed E-state index contributed by atoms with van der Waals surface area (Å²) in [7, 11) is -3.54. The highest BCUT2D eigenvalue weighted by molar-refractivity contribution is 7.89. The van der Waals surface area contributed by atoms with Gasteiger partial charge in [-0.1, -0.05) is 12.1 Å². The predicted octanol–water partition coefficient (Wildman–Crippen LogP) is 2.06. The zero-order chi connectivity index (χ0) is 22.6. The Balaban J connectivity index is 1.23. The van der Waals surface area contributed by atoms with Crippen molar-refractivity contribution in [2.45, 2.75) is 24.3 Å². The molecule has 0 saturated carbocycles. The van der Waals surface area contributed by atoms with E-state index in [9.17, 15) is 18.0 Å². The highest BCUT2D eigenvalue weighted by atomic mass is 32.2. The fraction of sp³-hybridized carbons (Fsp3) is 0.286. The van der Waals surface area contributed by atoms with Crippen LogP contribution in [0.2, 0.25) is 0 Å². The van der Waals surface area contributed by atoms with E-state index < -0.39 is 21.8 Å². The van der Waals surface area contributed by atoms with Gasteiger partial charge in [0.05, 0.1) is 21.7 Å². The minimum absolute atomic E-state index is 0.142. The molecular weight excluding hydrogens is 452 g/mol. The summed E-state index contributed by atoms with van der Waals surface area (Å²) in [6, 6.07) is 13.3.